The minimum absolute atomic E-state index is 0.102. The van der Waals surface area contributed by atoms with Crippen LogP contribution >= 0.6 is 11.3 Å². The molecule has 2 saturated heterocycles. The van der Waals surface area contributed by atoms with Crippen molar-refractivity contribution in [3.63, 3.8) is 0 Å². The number of halogens is 1. The summed E-state index contributed by atoms with van der Waals surface area (Å²) in [5.74, 6) is 0.121. The summed E-state index contributed by atoms with van der Waals surface area (Å²) in [5.41, 5.74) is 4.54. The number of ether oxygens (including phenoxy) is 1. The molecule has 4 heterocycles. The van der Waals surface area contributed by atoms with E-state index in [9.17, 15) is 4.79 Å². The third-order valence-corrected chi connectivity index (χ3v) is 8.94. The Bertz CT molecular complexity index is 1720. The number of para-hydroxylation sites is 1. The molecular weight excluding hydrogens is 549 g/mol. The summed E-state index contributed by atoms with van der Waals surface area (Å²) in [6.07, 6.45) is 1.68. The Balaban J connectivity index is 1.08. The van der Waals surface area contributed by atoms with Crippen LogP contribution in [-0.2, 0) is 6.54 Å². The molecule has 2 aliphatic rings. The summed E-state index contributed by atoms with van der Waals surface area (Å²) in [5, 5.41) is 3.40. The lowest BCUT2D eigenvalue weighted by Crippen LogP contribution is -2.42. The summed E-state index contributed by atoms with van der Waals surface area (Å²) < 4.78 is 22.3. The first-order valence-corrected chi connectivity index (χ1v) is 15.0. The fourth-order valence-corrected chi connectivity index (χ4v) is 6.59. The van der Waals surface area contributed by atoms with Gasteiger partial charge in [0.2, 0.25) is 0 Å². The summed E-state index contributed by atoms with van der Waals surface area (Å²) >= 11 is 1.58. The minimum atomic E-state index is -0.528. The first-order chi connectivity index (χ1) is 20.6. The third kappa shape index (κ3) is 5.34. The summed E-state index contributed by atoms with van der Waals surface area (Å²) in [7, 11) is 0. The van der Waals surface area contributed by atoms with Gasteiger partial charge in [-0.25, -0.2) is 9.18 Å². The maximum Gasteiger partial charge on any atom is 0.329 e. The maximum absolute atomic E-state index is 15.3. The van der Waals surface area contributed by atoms with Crippen molar-refractivity contribution in [3.05, 3.63) is 103 Å². The number of piperazine rings is 1. The van der Waals surface area contributed by atoms with Crippen LogP contribution in [0.25, 0.3) is 20.7 Å². The number of nitrogens with zero attached hydrogens (tertiary/aromatic N) is 4. The van der Waals surface area contributed by atoms with Crippen molar-refractivity contribution in [1.29, 1.82) is 0 Å². The van der Waals surface area contributed by atoms with Crippen LogP contribution in [0.4, 0.5) is 20.6 Å². The monoisotopic (exact) mass is 579 g/mol. The number of carbonyl (C=O) groups excluding carboxylic acids is 1. The number of pyridine rings is 1. The molecule has 9 heteroatoms. The minimum Gasteiger partial charge on any atom is -0.453 e. The molecule has 212 valence electrons. The second kappa shape index (κ2) is 11.5. The standard InChI is InChI=1S/C33H30FN5O2S/c34-27-20-26(39-19-18-38(33(39)40)25-4-2-1-3-5-25)10-11-29(27)41-30-12-13-36-28-21-31(42-32(28)30)24-8-6-23(7-9-24)22-37-16-14-35-15-17-37/h1-13,20-21,35H,14-19,22H2. The quantitative estimate of drug-likeness (QED) is 0.231. The van der Waals surface area contributed by atoms with Crippen molar-refractivity contribution < 1.29 is 13.9 Å². The Labute approximate surface area is 247 Å². The summed E-state index contributed by atoms with van der Waals surface area (Å²) in [4.78, 5) is 24.4. The molecule has 2 fully saturated rings. The second-order valence-corrected chi connectivity index (χ2v) is 11.5. The van der Waals surface area contributed by atoms with Gasteiger partial charge < -0.3 is 10.1 Å². The van der Waals surface area contributed by atoms with Gasteiger partial charge in [0.25, 0.3) is 0 Å². The van der Waals surface area contributed by atoms with E-state index in [1.54, 1.807) is 45.5 Å². The number of carbonyl (C=O) groups is 1. The van der Waals surface area contributed by atoms with E-state index in [0.29, 0.717) is 24.5 Å². The molecule has 3 aromatic carbocycles. The van der Waals surface area contributed by atoms with Crippen molar-refractivity contribution in [1.82, 2.24) is 15.2 Å². The van der Waals surface area contributed by atoms with E-state index in [2.05, 4.69) is 45.5 Å². The van der Waals surface area contributed by atoms with Crippen LogP contribution in [0.15, 0.2) is 91.1 Å². The fourth-order valence-electron chi connectivity index (χ4n) is 5.52. The number of thiophene rings is 1. The SMILES string of the molecule is O=C1N(c2ccccc2)CCN1c1ccc(Oc2ccnc3cc(-c4ccc(CN5CCNCC5)cc4)sc23)c(F)c1. The predicted molar refractivity (Wildman–Crippen MR) is 166 cm³/mol. The molecule has 0 bridgehead atoms. The van der Waals surface area contributed by atoms with E-state index < -0.39 is 5.82 Å². The highest BCUT2D eigenvalue weighted by Gasteiger charge is 2.31. The van der Waals surface area contributed by atoms with Crippen molar-refractivity contribution in [2.24, 2.45) is 0 Å². The zero-order chi connectivity index (χ0) is 28.5. The Morgan fingerprint density at radius 1 is 0.833 bits per heavy atom. The van der Waals surface area contributed by atoms with E-state index in [1.807, 2.05) is 30.3 Å². The van der Waals surface area contributed by atoms with Crippen LogP contribution in [0.3, 0.4) is 0 Å². The van der Waals surface area contributed by atoms with Crippen LogP contribution in [0.5, 0.6) is 11.5 Å². The number of benzene rings is 3. The van der Waals surface area contributed by atoms with E-state index >= 15 is 4.39 Å². The third-order valence-electron chi connectivity index (χ3n) is 7.75. The molecule has 1 N–H and O–H groups in total. The van der Waals surface area contributed by atoms with Crippen LogP contribution in [0.1, 0.15) is 5.56 Å². The lowest BCUT2D eigenvalue weighted by Gasteiger charge is -2.27. The number of hydrogen-bond donors (Lipinski definition) is 1. The van der Waals surface area contributed by atoms with Gasteiger partial charge >= 0.3 is 6.03 Å². The molecule has 0 spiro atoms. The number of rotatable bonds is 7. The molecule has 5 aromatic rings. The molecule has 0 saturated carbocycles. The number of nitrogens with one attached hydrogen (secondary N) is 1. The summed E-state index contributed by atoms with van der Waals surface area (Å²) in [6, 6.07) is 26.5. The van der Waals surface area contributed by atoms with Crippen LogP contribution in [0.2, 0.25) is 0 Å². The zero-order valence-electron chi connectivity index (χ0n) is 23.0. The van der Waals surface area contributed by atoms with Gasteiger partial charge in [-0.05, 0) is 41.5 Å². The molecule has 7 rings (SSSR count). The fraction of sp³-hybridized carbons (Fsp3) is 0.212. The van der Waals surface area contributed by atoms with E-state index in [4.69, 9.17) is 4.74 Å². The number of hydrogen-bond acceptors (Lipinski definition) is 6. The Morgan fingerprint density at radius 2 is 1.60 bits per heavy atom. The van der Waals surface area contributed by atoms with E-state index in [1.165, 1.54) is 11.6 Å². The average Bonchev–Trinajstić information content (AvgIpc) is 3.64. The zero-order valence-corrected chi connectivity index (χ0v) is 23.8. The molecule has 0 radical (unpaired) electrons. The molecule has 2 aliphatic heterocycles. The van der Waals surface area contributed by atoms with Gasteiger partial charge in [0.1, 0.15) is 5.75 Å². The molecule has 42 heavy (non-hydrogen) atoms. The summed E-state index contributed by atoms with van der Waals surface area (Å²) in [6.45, 7) is 6.19. The number of urea groups is 1. The van der Waals surface area contributed by atoms with Crippen molar-refractivity contribution >= 4 is 39.0 Å². The second-order valence-electron chi connectivity index (χ2n) is 10.5. The predicted octanol–water partition coefficient (Wildman–Crippen LogP) is 6.75. The highest BCUT2D eigenvalue weighted by Crippen LogP contribution is 2.40. The highest BCUT2D eigenvalue weighted by molar-refractivity contribution is 7.22. The van der Waals surface area contributed by atoms with Gasteiger partial charge in [-0.3, -0.25) is 19.7 Å². The van der Waals surface area contributed by atoms with Crippen molar-refractivity contribution in [2.45, 2.75) is 6.54 Å². The largest absolute Gasteiger partial charge is 0.453 e. The van der Waals surface area contributed by atoms with Crippen LogP contribution < -0.4 is 19.9 Å². The Morgan fingerprint density at radius 3 is 2.36 bits per heavy atom. The maximum atomic E-state index is 15.3. The van der Waals surface area contributed by atoms with Gasteiger partial charge in [-0.2, -0.15) is 0 Å². The Hall–Kier alpha value is -4.31. The number of anilines is 2. The first kappa shape index (κ1) is 26.6. The average molecular weight is 580 g/mol. The molecule has 7 nitrogen and oxygen atoms in total. The first-order valence-electron chi connectivity index (χ1n) is 14.1. The molecule has 2 amide bonds. The van der Waals surface area contributed by atoms with Gasteiger partial charge in [0.05, 0.1) is 10.2 Å². The molecule has 2 aromatic heterocycles. The molecular formula is C33H30FN5O2S. The smallest absolute Gasteiger partial charge is 0.329 e. The number of amides is 2. The van der Waals surface area contributed by atoms with Gasteiger partial charge in [0.15, 0.2) is 11.6 Å². The van der Waals surface area contributed by atoms with E-state index in [-0.39, 0.29) is 11.8 Å². The topological polar surface area (TPSA) is 60.9 Å². The molecule has 0 atom stereocenters. The van der Waals surface area contributed by atoms with Crippen molar-refractivity contribution in [3.8, 4) is 21.9 Å². The highest BCUT2D eigenvalue weighted by atomic mass is 32.1. The van der Waals surface area contributed by atoms with Crippen molar-refractivity contribution in [2.75, 3.05) is 49.1 Å². The Kier molecular flexibility index (Phi) is 7.29. The van der Waals surface area contributed by atoms with Crippen LogP contribution in [0, 0.1) is 5.82 Å². The van der Waals surface area contributed by atoms with Gasteiger partial charge in [-0.1, -0.05) is 42.5 Å². The normalized spacial score (nSPS) is 16.0. The molecule has 0 aliphatic carbocycles. The lowest BCUT2D eigenvalue weighted by atomic mass is 10.1. The van der Waals surface area contributed by atoms with Gasteiger partial charge in [-0.15, -0.1) is 11.3 Å². The van der Waals surface area contributed by atoms with Crippen LogP contribution in [-0.4, -0.2) is 55.2 Å². The lowest BCUT2D eigenvalue weighted by molar-refractivity contribution is 0.233. The number of fused-ring (bicyclic) bond motifs is 1. The van der Waals surface area contributed by atoms with Gasteiger partial charge in [0, 0.05) is 80.4 Å². The molecule has 0 unspecified atom stereocenters. The number of aromatic nitrogens is 1. The van der Waals surface area contributed by atoms with E-state index in [0.717, 1.165) is 59.1 Å².